The van der Waals surface area contributed by atoms with Crippen molar-refractivity contribution in [3.05, 3.63) is 57.7 Å². The third-order valence-corrected chi connectivity index (χ3v) is 8.54. The summed E-state index contributed by atoms with van der Waals surface area (Å²) in [6.07, 6.45) is 3.99. The molecule has 1 amide bonds. The van der Waals surface area contributed by atoms with Crippen LogP contribution in [0.5, 0.6) is 0 Å². The number of hydrogen-bond acceptors (Lipinski definition) is 5. The number of amides is 1. The zero-order valence-electron chi connectivity index (χ0n) is 18.0. The number of rotatable bonds is 6. The molecule has 1 aromatic heterocycles. The Labute approximate surface area is 191 Å². The van der Waals surface area contributed by atoms with Gasteiger partial charge in [0.25, 0.3) is 0 Å². The van der Waals surface area contributed by atoms with E-state index >= 15 is 0 Å². The monoisotopic (exact) mass is 473 g/mol. The largest absolute Gasteiger partial charge is 0.326 e. The smallest absolute Gasteiger partial charge is 0.308 e. The van der Waals surface area contributed by atoms with Crippen LogP contribution in [-0.4, -0.2) is 36.3 Å². The zero-order chi connectivity index (χ0) is 22.7. The first-order valence-corrected chi connectivity index (χ1v) is 13.1. The van der Waals surface area contributed by atoms with Gasteiger partial charge in [-0.15, -0.1) is 0 Å². The number of hydrogen-bond donors (Lipinski definition) is 1. The van der Waals surface area contributed by atoms with Crippen LogP contribution < -0.4 is 10.2 Å². The van der Waals surface area contributed by atoms with Crippen LogP contribution in [0.1, 0.15) is 37.7 Å². The highest BCUT2D eigenvalue weighted by Gasteiger charge is 2.26. The second kappa shape index (κ2) is 9.56. The number of anilines is 1. The molecule has 0 aliphatic carbocycles. The molecule has 2 aromatic carbocycles. The lowest BCUT2D eigenvalue weighted by Crippen LogP contribution is -2.31. The van der Waals surface area contributed by atoms with Crippen molar-refractivity contribution in [2.75, 3.05) is 18.4 Å². The van der Waals surface area contributed by atoms with E-state index in [-0.39, 0.29) is 28.6 Å². The number of thiazole rings is 1. The molecule has 2 heterocycles. The van der Waals surface area contributed by atoms with Crippen molar-refractivity contribution >= 4 is 43.2 Å². The van der Waals surface area contributed by atoms with Gasteiger partial charge in [0, 0.05) is 31.7 Å². The molecule has 1 aliphatic heterocycles. The first-order valence-electron chi connectivity index (χ1n) is 10.8. The molecular weight excluding hydrogens is 446 g/mol. The molecule has 1 fully saturated rings. The van der Waals surface area contributed by atoms with Crippen LogP contribution in [-0.2, 0) is 21.4 Å². The Balaban J connectivity index is 1.51. The molecule has 0 spiro atoms. The van der Waals surface area contributed by atoms with Gasteiger partial charge in [-0.25, -0.2) is 8.42 Å². The van der Waals surface area contributed by atoms with Crippen LogP contribution in [0, 0.1) is 6.92 Å². The van der Waals surface area contributed by atoms with Crippen LogP contribution in [0.3, 0.4) is 0 Å². The Bertz CT molecular complexity index is 1290. The minimum atomic E-state index is -3.58. The second-order valence-corrected chi connectivity index (χ2v) is 11.1. The quantitative estimate of drug-likeness (QED) is 0.587. The lowest BCUT2D eigenvalue weighted by Gasteiger charge is -2.19. The van der Waals surface area contributed by atoms with Crippen molar-refractivity contribution in [2.24, 2.45) is 0 Å². The van der Waals surface area contributed by atoms with Gasteiger partial charge in [-0.3, -0.25) is 14.2 Å². The molecular formula is C23H27N3O4S2. The molecule has 0 atom stereocenters. The summed E-state index contributed by atoms with van der Waals surface area (Å²) in [5.41, 5.74) is 2.42. The molecule has 0 saturated carbocycles. The average Bonchev–Trinajstić information content (AvgIpc) is 2.91. The SMILES string of the molecule is Cc1cccc(NC(=O)CCn2c(=O)sc3cc(S(=O)(=O)N4CCCCCC4)ccc32)c1. The molecule has 1 N–H and O–H groups in total. The summed E-state index contributed by atoms with van der Waals surface area (Å²) >= 11 is 1.01. The van der Waals surface area contributed by atoms with E-state index in [0.29, 0.717) is 23.3 Å². The topological polar surface area (TPSA) is 88.5 Å². The highest BCUT2D eigenvalue weighted by Crippen LogP contribution is 2.26. The predicted octanol–water partition coefficient (Wildman–Crippen LogP) is 3.96. The van der Waals surface area contributed by atoms with E-state index < -0.39 is 10.0 Å². The Kier molecular flexibility index (Phi) is 6.78. The maximum atomic E-state index is 13.1. The molecule has 4 rings (SSSR count). The van der Waals surface area contributed by atoms with Gasteiger partial charge >= 0.3 is 4.87 Å². The standard InChI is InChI=1S/C23H27N3O4S2/c1-17-7-6-8-18(15-17)24-22(27)11-14-26-20-10-9-19(16-21(20)31-23(26)28)32(29,30)25-12-4-2-3-5-13-25/h6-10,15-16H,2-5,11-14H2,1H3,(H,24,27). The van der Waals surface area contributed by atoms with Gasteiger partial charge in [-0.2, -0.15) is 4.31 Å². The van der Waals surface area contributed by atoms with E-state index in [9.17, 15) is 18.0 Å². The maximum Gasteiger partial charge on any atom is 0.308 e. The molecule has 9 heteroatoms. The van der Waals surface area contributed by atoms with Crippen molar-refractivity contribution in [2.45, 2.75) is 50.5 Å². The van der Waals surface area contributed by atoms with Crippen molar-refractivity contribution in [3.63, 3.8) is 0 Å². The van der Waals surface area contributed by atoms with Gasteiger partial charge in [-0.05, 0) is 55.7 Å². The summed E-state index contributed by atoms with van der Waals surface area (Å²) in [5, 5.41) is 2.85. The third-order valence-electron chi connectivity index (χ3n) is 5.71. The lowest BCUT2D eigenvalue weighted by atomic mass is 10.2. The fourth-order valence-electron chi connectivity index (χ4n) is 4.01. The number of nitrogens with zero attached hydrogens (tertiary/aromatic N) is 2. The number of aryl methyl sites for hydroxylation is 2. The van der Waals surface area contributed by atoms with Crippen LogP contribution in [0.4, 0.5) is 5.69 Å². The van der Waals surface area contributed by atoms with E-state index in [1.807, 2.05) is 31.2 Å². The minimum Gasteiger partial charge on any atom is -0.326 e. The molecule has 170 valence electrons. The molecule has 1 aliphatic rings. The van der Waals surface area contributed by atoms with Crippen molar-refractivity contribution in [1.82, 2.24) is 8.87 Å². The molecule has 7 nitrogen and oxygen atoms in total. The summed E-state index contributed by atoms with van der Waals surface area (Å²) in [7, 11) is -3.58. The molecule has 32 heavy (non-hydrogen) atoms. The first-order chi connectivity index (χ1) is 15.3. The van der Waals surface area contributed by atoms with Crippen LogP contribution in [0.25, 0.3) is 10.2 Å². The number of sulfonamides is 1. The first kappa shape index (κ1) is 22.7. The lowest BCUT2D eigenvalue weighted by molar-refractivity contribution is -0.116. The van der Waals surface area contributed by atoms with Crippen LogP contribution >= 0.6 is 11.3 Å². The van der Waals surface area contributed by atoms with E-state index in [1.165, 1.54) is 4.57 Å². The Morgan fingerprint density at radius 3 is 2.53 bits per heavy atom. The summed E-state index contributed by atoms with van der Waals surface area (Å²) in [4.78, 5) is 24.9. The third kappa shape index (κ3) is 4.95. The number of benzene rings is 2. The Morgan fingerprint density at radius 1 is 1.06 bits per heavy atom. The highest BCUT2D eigenvalue weighted by molar-refractivity contribution is 7.89. The van der Waals surface area contributed by atoms with Crippen molar-refractivity contribution in [3.8, 4) is 0 Å². The van der Waals surface area contributed by atoms with Gasteiger partial charge in [0.15, 0.2) is 0 Å². The van der Waals surface area contributed by atoms with E-state index in [2.05, 4.69) is 5.32 Å². The second-order valence-electron chi connectivity index (χ2n) is 8.14. The molecule has 1 saturated heterocycles. The van der Waals surface area contributed by atoms with Crippen molar-refractivity contribution in [1.29, 1.82) is 0 Å². The van der Waals surface area contributed by atoms with Gasteiger partial charge in [0.2, 0.25) is 15.9 Å². The fraction of sp³-hybridized carbons (Fsp3) is 0.391. The Hall–Kier alpha value is -2.49. The molecule has 3 aromatic rings. The summed E-state index contributed by atoms with van der Waals surface area (Å²) in [5.74, 6) is -0.179. The zero-order valence-corrected chi connectivity index (χ0v) is 19.7. The van der Waals surface area contributed by atoms with E-state index in [4.69, 9.17) is 0 Å². The van der Waals surface area contributed by atoms with Crippen molar-refractivity contribution < 1.29 is 13.2 Å². The number of aromatic nitrogens is 1. The normalized spacial score (nSPS) is 15.5. The van der Waals surface area contributed by atoms with Gasteiger partial charge in [0.05, 0.1) is 15.1 Å². The predicted molar refractivity (Wildman–Crippen MR) is 128 cm³/mol. The summed E-state index contributed by atoms with van der Waals surface area (Å²) in [6.45, 7) is 3.25. The van der Waals surface area contributed by atoms with Crippen LogP contribution in [0.15, 0.2) is 52.2 Å². The maximum absolute atomic E-state index is 13.1. The summed E-state index contributed by atoms with van der Waals surface area (Å²) in [6, 6.07) is 12.4. The fourth-order valence-corrected chi connectivity index (χ4v) is 6.58. The van der Waals surface area contributed by atoms with Gasteiger partial charge in [-0.1, -0.05) is 36.3 Å². The minimum absolute atomic E-state index is 0.146. The molecule has 0 bridgehead atoms. The van der Waals surface area contributed by atoms with E-state index in [0.717, 1.165) is 48.3 Å². The van der Waals surface area contributed by atoms with E-state index in [1.54, 1.807) is 22.5 Å². The number of nitrogens with one attached hydrogen (secondary N) is 1. The Morgan fingerprint density at radius 2 is 1.81 bits per heavy atom. The average molecular weight is 474 g/mol. The number of carbonyl (C=O) groups is 1. The summed E-state index contributed by atoms with van der Waals surface area (Å²) < 4.78 is 29.9. The molecule has 0 unspecified atom stereocenters. The number of carbonyl (C=O) groups excluding carboxylic acids is 1. The van der Waals surface area contributed by atoms with Crippen LogP contribution in [0.2, 0.25) is 0 Å². The highest BCUT2D eigenvalue weighted by atomic mass is 32.2. The molecule has 0 radical (unpaired) electrons. The van der Waals surface area contributed by atoms with Gasteiger partial charge < -0.3 is 5.32 Å². The number of fused-ring (bicyclic) bond motifs is 1. The van der Waals surface area contributed by atoms with Gasteiger partial charge in [0.1, 0.15) is 0 Å².